The van der Waals surface area contributed by atoms with E-state index in [2.05, 4.69) is 26.2 Å². The van der Waals surface area contributed by atoms with Crippen LogP contribution < -0.4 is 10.2 Å². The summed E-state index contributed by atoms with van der Waals surface area (Å²) in [4.78, 5) is 6.39. The van der Waals surface area contributed by atoms with Gasteiger partial charge in [-0.3, -0.25) is 4.98 Å². The molecule has 1 fully saturated rings. The minimum Gasteiger partial charge on any atom is -0.459 e. The second-order valence-electron chi connectivity index (χ2n) is 7.76. The van der Waals surface area contributed by atoms with Crippen LogP contribution in [0.2, 0.25) is 0 Å². The Morgan fingerprint density at radius 1 is 1.03 bits per heavy atom. The van der Waals surface area contributed by atoms with E-state index in [1.54, 1.807) is 43.5 Å². The number of halogens is 3. The number of pyridine rings is 1. The first-order valence-electron chi connectivity index (χ1n) is 10.2. The highest BCUT2D eigenvalue weighted by atomic mass is 79.9. The highest BCUT2D eigenvalue weighted by molar-refractivity contribution is 9.10. The average molecular weight is 526 g/mol. The predicted molar refractivity (Wildman–Crippen MR) is 131 cm³/mol. The summed E-state index contributed by atoms with van der Waals surface area (Å²) in [7, 11) is 0. The van der Waals surface area contributed by atoms with E-state index >= 15 is 0 Å². The van der Waals surface area contributed by atoms with E-state index in [-0.39, 0.29) is 11.9 Å². The molecule has 3 heterocycles. The van der Waals surface area contributed by atoms with Crippen molar-refractivity contribution in [3.63, 3.8) is 0 Å². The Hall–Kier alpha value is -3.10. The van der Waals surface area contributed by atoms with E-state index in [9.17, 15) is 8.78 Å². The molecule has 1 saturated heterocycles. The Morgan fingerprint density at radius 2 is 1.88 bits per heavy atom. The van der Waals surface area contributed by atoms with E-state index in [1.165, 1.54) is 12.1 Å². The first-order chi connectivity index (χ1) is 15.9. The fourth-order valence-electron chi connectivity index (χ4n) is 4.05. The maximum absolute atomic E-state index is 14.6. The SMILES string of the molecule is Cc1cc(N2C(=S)NC(c3ccccn3)C2c2ccc(-c3ccc(Br)cc3F)o2)ccc1F. The molecule has 0 amide bonds. The number of rotatable bonds is 4. The molecule has 2 aromatic heterocycles. The van der Waals surface area contributed by atoms with Gasteiger partial charge in [-0.1, -0.05) is 22.0 Å². The van der Waals surface area contributed by atoms with Crippen molar-refractivity contribution in [1.29, 1.82) is 0 Å². The standard InChI is InChI=1S/C25H18BrF2N3OS/c1-14-12-16(6-8-18(14)27)31-24(23(30-25(31)33)20-4-2-3-11-29-20)22-10-9-21(32-22)17-7-5-15(26)13-19(17)28/h2-13,23-24H,1H3,(H,30,33). The molecular formula is C25H18BrF2N3OS. The molecule has 1 N–H and O–H groups in total. The van der Waals surface area contributed by atoms with Crippen LogP contribution in [0, 0.1) is 18.6 Å². The molecular weight excluding hydrogens is 508 g/mol. The molecule has 33 heavy (non-hydrogen) atoms. The van der Waals surface area contributed by atoms with Gasteiger partial charge in [0.1, 0.15) is 29.2 Å². The zero-order chi connectivity index (χ0) is 23.1. The molecule has 2 unspecified atom stereocenters. The van der Waals surface area contributed by atoms with Gasteiger partial charge in [-0.2, -0.15) is 0 Å². The summed E-state index contributed by atoms with van der Waals surface area (Å²) in [6, 6.07) is 18.1. The fourth-order valence-corrected chi connectivity index (χ4v) is 4.73. The number of nitrogens with one attached hydrogen (secondary N) is 1. The Kier molecular flexibility index (Phi) is 5.72. The third kappa shape index (κ3) is 4.05. The van der Waals surface area contributed by atoms with Crippen LogP contribution in [0.4, 0.5) is 14.5 Å². The summed E-state index contributed by atoms with van der Waals surface area (Å²) < 4.78 is 35.4. The Labute approximate surface area is 203 Å². The van der Waals surface area contributed by atoms with Gasteiger partial charge in [0.15, 0.2) is 5.11 Å². The smallest absolute Gasteiger partial charge is 0.174 e. The molecule has 1 aliphatic heterocycles. The molecule has 2 atom stereocenters. The minimum absolute atomic E-state index is 0.291. The maximum Gasteiger partial charge on any atom is 0.174 e. The average Bonchev–Trinajstić information content (AvgIpc) is 3.41. The van der Waals surface area contributed by atoms with Crippen molar-refractivity contribution in [3.8, 4) is 11.3 Å². The predicted octanol–water partition coefficient (Wildman–Crippen LogP) is 6.87. The first kappa shape index (κ1) is 21.7. The summed E-state index contributed by atoms with van der Waals surface area (Å²) in [5.41, 5.74) is 2.37. The largest absolute Gasteiger partial charge is 0.459 e. The summed E-state index contributed by atoms with van der Waals surface area (Å²) in [5.74, 6) is 0.304. The fraction of sp³-hybridized carbons (Fsp3) is 0.120. The molecule has 4 aromatic rings. The Balaban J connectivity index is 1.61. The van der Waals surface area contributed by atoms with Crippen molar-refractivity contribution in [1.82, 2.24) is 10.3 Å². The van der Waals surface area contributed by atoms with Crippen LogP contribution in [0.5, 0.6) is 0 Å². The Morgan fingerprint density at radius 3 is 2.61 bits per heavy atom. The molecule has 1 aliphatic rings. The maximum atomic E-state index is 14.6. The van der Waals surface area contributed by atoms with Crippen LogP contribution in [0.1, 0.15) is 29.1 Å². The summed E-state index contributed by atoms with van der Waals surface area (Å²) >= 11 is 8.95. The van der Waals surface area contributed by atoms with E-state index in [0.29, 0.717) is 32.2 Å². The molecule has 0 radical (unpaired) electrons. The number of aryl methyl sites for hydroxylation is 1. The first-order valence-corrected chi connectivity index (χ1v) is 11.4. The van der Waals surface area contributed by atoms with Gasteiger partial charge >= 0.3 is 0 Å². The highest BCUT2D eigenvalue weighted by Crippen LogP contribution is 2.43. The normalized spacial score (nSPS) is 17.9. The summed E-state index contributed by atoms with van der Waals surface area (Å²) in [5, 5.41) is 3.80. The summed E-state index contributed by atoms with van der Waals surface area (Å²) in [6.07, 6.45) is 1.71. The minimum atomic E-state index is -0.412. The van der Waals surface area contributed by atoms with E-state index in [1.807, 2.05) is 29.2 Å². The lowest BCUT2D eigenvalue weighted by atomic mass is 10.0. The molecule has 166 valence electrons. The second-order valence-corrected chi connectivity index (χ2v) is 9.06. The van der Waals surface area contributed by atoms with Crippen LogP contribution in [-0.4, -0.2) is 10.1 Å². The van der Waals surface area contributed by atoms with Crippen LogP contribution >= 0.6 is 28.1 Å². The molecule has 2 aromatic carbocycles. The molecule has 5 rings (SSSR count). The molecule has 0 bridgehead atoms. The zero-order valence-electron chi connectivity index (χ0n) is 17.4. The van der Waals surface area contributed by atoms with E-state index < -0.39 is 11.9 Å². The lowest BCUT2D eigenvalue weighted by Crippen LogP contribution is -2.29. The lowest BCUT2D eigenvalue weighted by molar-refractivity contribution is 0.438. The number of thiocarbonyl (C=S) groups is 1. The third-order valence-electron chi connectivity index (χ3n) is 5.63. The molecule has 4 nitrogen and oxygen atoms in total. The van der Waals surface area contributed by atoms with E-state index in [4.69, 9.17) is 16.6 Å². The van der Waals surface area contributed by atoms with Crippen molar-refractivity contribution in [2.75, 3.05) is 4.90 Å². The van der Waals surface area contributed by atoms with Gasteiger partial charge in [0.05, 0.1) is 17.3 Å². The van der Waals surface area contributed by atoms with Gasteiger partial charge in [-0.25, -0.2) is 8.78 Å². The number of furan rings is 1. The molecule has 0 spiro atoms. The summed E-state index contributed by atoms with van der Waals surface area (Å²) in [6.45, 7) is 1.71. The number of anilines is 1. The van der Waals surface area contributed by atoms with Crippen molar-refractivity contribution >= 4 is 38.9 Å². The monoisotopic (exact) mass is 525 g/mol. The second kappa shape index (κ2) is 8.68. The molecule has 8 heteroatoms. The van der Waals surface area contributed by atoms with Gasteiger partial charge in [-0.15, -0.1) is 0 Å². The van der Waals surface area contributed by atoms with Gasteiger partial charge in [0, 0.05) is 16.4 Å². The Bertz CT molecular complexity index is 1340. The number of aromatic nitrogens is 1. The van der Waals surface area contributed by atoms with Crippen molar-refractivity contribution < 1.29 is 13.2 Å². The van der Waals surface area contributed by atoms with Gasteiger partial charge in [-0.05, 0) is 85.4 Å². The van der Waals surface area contributed by atoms with Gasteiger partial charge in [0.2, 0.25) is 0 Å². The van der Waals surface area contributed by atoms with Crippen LogP contribution in [0.25, 0.3) is 11.3 Å². The van der Waals surface area contributed by atoms with Crippen LogP contribution in [0.15, 0.2) is 81.8 Å². The molecule has 0 aliphatic carbocycles. The lowest BCUT2D eigenvalue weighted by Gasteiger charge is -2.26. The number of nitrogens with zero attached hydrogens (tertiary/aromatic N) is 2. The number of hydrogen-bond donors (Lipinski definition) is 1. The third-order valence-corrected chi connectivity index (χ3v) is 6.44. The van der Waals surface area contributed by atoms with Gasteiger partial charge < -0.3 is 14.6 Å². The van der Waals surface area contributed by atoms with Gasteiger partial charge in [0.25, 0.3) is 0 Å². The number of benzene rings is 2. The van der Waals surface area contributed by atoms with Crippen LogP contribution in [-0.2, 0) is 0 Å². The van der Waals surface area contributed by atoms with E-state index in [0.717, 1.165) is 11.4 Å². The van der Waals surface area contributed by atoms with Crippen LogP contribution in [0.3, 0.4) is 0 Å². The quantitative estimate of drug-likeness (QED) is 0.294. The van der Waals surface area contributed by atoms with Crippen molar-refractivity contribution in [2.24, 2.45) is 0 Å². The topological polar surface area (TPSA) is 41.3 Å². The highest BCUT2D eigenvalue weighted by Gasteiger charge is 2.42. The zero-order valence-corrected chi connectivity index (χ0v) is 19.8. The van der Waals surface area contributed by atoms with Crippen molar-refractivity contribution in [2.45, 2.75) is 19.0 Å². The number of hydrogen-bond acceptors (Lipinski definition) is 3. The van der Waals surface area contributed by atoms with Crippen molar-refractivity contribution in [3.05, 3.63) is 106 Å². The molecule has 0 saturated carbocycles.